The maximum atomic E-state index is 11.9. The molecule has 0 saturated carbocycles. The van der Waals surface area contributed by atoms with E-state index in [0.29, 0.717) is 12.0 Å². The molecule has 0 spiro atoms. The molecule has 6 nitrogen and oxygen atoms in total. The first-order chi connectivity index (χ1) is 9.22. The molecule has 1 atom stereocenters. The number of rotatable bonds is 7. The van der Waals surface area contributed by atoms with E-state index in [4.69, 9.17) is 0 Å². The second kappa shape index (κ2) is 8.35. The molecule has 0 heterocycles. The van der Waals surface area contributed by atoms with Crippen molar-refractivity contribution in [2.24, 2.45) is 5.92 Å². The lowest BCUT2D eigenvalue weighted by Crippen LogP contribution is -2.43. The molecule has 0 aromatic heterocycles. The van der Waals surface area contributed by atoms with E-state index in [1.54, 1.807) is 39.0 Å². The highest BCUT2D eigenvalue weighted by Crippen LogP contribution is 2.14. The van der Waals surface area contributed by atoms with Crippen LogP contribution in [0.4, 0.5) is 0 Å². The molecule has 3 amide bonds. The van der Waals surface area contributed by atoms with Crippen molar-refractivity contribution in [1.82, 2.24) is 15.1 Å². The Labute approximate surface area is 120 Å². The molecule has 0 aliphatic rings. The third-order valence-corrected chi connectivity index (χ3v) is 3.02. The Morgan fingerprint density at radius 3 is 2.15 bits per heavy atom. The van der Waals surface area contributed by atoms with Crippen LogP contribution in [0, 0.1) is 5.92 Å². The summed E-state index contributed by atoms with van der Waals surface area (Å²) in [5.41, 5.74) is 0.594. The van der Waals surface area contributed by atoms with Crippen molar-refractivity contribution >= 4 is 18.2 Å². The average molecular weight is 283 g/mol. The minimum absolute atomic E-state index is 0.0439. The highest BCUT2D eigenvalue weighted by Gasteiger charge is 2.22. The van der Waals surface area contributed by atoms with Crippen LogP contribution in [0.1, 0.15) is 20.8 Å². The van der Waals surface area contributed by atoms with E-state index in [-0.39, 0.29) is 30.3 Å². The number of nitrogens with one attached hydrogen (secondary N) is 1. The lowest BCUT2D eigenvalue weighted by Gasteiger charge is -2.29. The summed E-state index contributed by atoms with van der Waals surface area (Å²) in [6.07, 6.45) is 2.29. The number of likely N-dealkylation sites (N-methyl/N-ethyl adjacent to an activating group) is 2. The van der Waals surface area contributed by atoms with Crippen molar-refractivity contribution in [3.8, 4) is 0 Å². The smallest absolute Gasteiger partial charge is 0.248 e. The number of hydrogen-bond acceptors (Lipinski definition) is 3. The molecule has 0 aromatic carbocycles. The molecule has 0 aliphatic heterocycles. The van der Waals surface area contributed by atoms with Gasteiger partial charge >= 0.3 is 0 Å². The van der Waals surface area contributed by atoms with Crippen LogP contribution in [0.15, 0.2) is 11.6 Å². The largest absolute Gasteiger partial charge is 0.350 e. The zero-order valence-electron chi connectivity index (χ0n) is 13.1. The van der Waals surface area contributed by atoms with Crippen LogP contribution in [0.3, 0.4) is 0 Å². The van der Waals surface area contributed by atoms with Gasteiger partial charge in [-0.1, -0.05) is 19.9 Å². The van der Waals surface area contributed by atoms with Gasteiger partial charge in [-0.05, 0) is 12.8 Å². The molecule has 0 unspecified atom stereocenters. The molecule has 0 bridgehead atoms. The molecular formula is C14H25N3O3. The van der Waals surface area contributed by atoms with Gasteiger partial charge in [-0.15, -0.1) is 0 Å². The SMILES string of the molecule is C/C(=C\[C@H](C(C)C)N(C)C(=O)CNC=O)C(=O)N(C)C. The van der Waals surface area contributed by atoms with Crippen LogP contribution in [0.25, 0.3) is 0 Å². The van der Waals surface area contributed by atoms with Gasteiger partial charge in [0.25, 0.3) is 0 Å². The Morgan fingerprint density at radius 1 is 1.20 bits per heavy atom. The molecule has 0 rings (SSSR count). The van der Waals surface area contributed by atoms with E-state index in [2.05, 4.69) is 5.32 Å². The van der Waals surface area contributed by atoms with Crippen molar-refractivity contribution < 1.29 is 14.4 Å². The molecule has 0 aromatic rings. The molecule has 114 valence electrons. The van der Waals surface area contributed by atoms with Gasteiger partial charge < -0.3 is 15.1 Å². The van der Waals surface area contributed by atoms with Crippen molar-refractivity contribution in [1.29, 1.82) is 0 Å². The fourth-order valence-electron chi connectivity index (χ4n) is 1.85. The molecular weight excluding hydrogens is 258 g/mol. The van der Waals surface area contributed by atoms with Crippen LogP contribution >= 0.6 is 0 Å². The van der Waals surface area contributed by atoms with Crippen molar-refractivity contribution in [3.05, 3.63) is 11.6 Å². The molecule has 20 heavy (non-hydrogen) atoms. The minimum atomic E-state index is -0.197. The van der Waals surface area contributed by atoms with Gasteiger partial charge in [0, 0.05) is 26.7 Å². The second-order valence-corrected chi connectivity index (χ2v) is 5.29. The van der Waals surface area contributed by atoms with Crippen molar-refractivity contribution in [2.75, 3.05) is 27.7 Å². The maximum absolute atomic E-state index is 11.9. The quantitative estimate of drug-likeness (QED) is 0.538. The van der Waals surface area contributed by atoms with Gasteiger partial charge in [-0.2, -0.15) is 0 Å². The predicted molar refractivity (Wildman–Crippen MR) is 77.9 cm³/mol. The summed E-state index contributed by atoms with van der Waals surface area (Å²) >= 11 is 0. The van der Waals surface area contributed by atoms with E-state index in [0.717, 1.165) is 0 Å². The van der Waals surface area contributed by atoms with E-state index >= 15 is 0 Å². The van der Waals surface area contributed by atoms with E-state index in [9.17, 15) is 14.4 Å². The molecule has 0 saturated heterocycles. The standard InChI is InChI=1S/C14H25N3O3/c1-10(2)12(7-11(3)14(20)16(4)5)17(6)13(19)8-15-9-18/h7,9-10,12H,8H2,1-6H3,(H,15,18)/b11-7+/t12-/m1/s1. The van der Waals surface area contributed by atoms with Gasteiger partial charge in [-0.25, -0.2) is 0 Å². The van der Waals surface area contributed by atoms with Crippen LogP contribution in [-0.4, -0.2) is 61.8 Å². The van der Waals surface area contributed by atoms with Crippen molar-refractivity contribution in [2.45, 2.75) is 26.8 Å². The number of carbonyl (C=O) groups is 3. The average Bonchev–Trinajstić information content (AvgIpc) is 2.39. The summed E-state index contributed by atoms with van der Waals surface area (Å²) in [6.45, 7) is 5.65. The third-order valence-electron chi connectivity index (χ3n) is 3.02. The molecule has 0 radical (unpaired) electrons. The number of amides is 3. The Bertz CT molecular complexity index is 389. The lowest BCUT2D eigenvalue weighted by molar-refractivity contribution is -0.132. The minimum Gasteiger partial charge on any atom is -0.350 e. The topological polar surface area (TPSA) is 69.7 Å². The molecule has 0 aliphatic carbocycles. The number of carbonyl (C=O) groups excluding carboxylic acids is 3. The predicted octanol–water partition coefficient (Wildman–Crippen LogP) is 0.250. The number of nitrogens with zero attached hydrogens (tertiary/aromatic N) is 2. The lowest BCUT2D eigenvalue weighted by atomic mass is 9.99. The molecule has 1 N–H and O–H groups in total. The van der Waals surface area contributed by atoms with E-state index in [1.165, 1.54) is 4.90 Å². The zero-order valence-corrected chi connectivity index (χ0v) is 13.1. The first kappa shape index (κ1) is 18.1. The summed E-state index contributed by atoms with van der Waals surface area (Å²) < 4.78 is 0. The Hall–Kier alpha value is -1.85. The van der Waals surface area contributed by atoms with Crippen LogP contribution in [0.2, 0.25) is 0 Å². The highest BCUT2D eigenvalue weighted by atomic mass is 16.2. The van der Waals surface area contributed by atoms with Gasteiger partial charge in [-0.3, -0.25) is 14.4 Å². The van der Waals surface area contributed by atoms with Crippen LogP contribution < -0.4 is 5.32 Å². The summed E-state index contributed by atoms with van der Waals surface area (Å²) in [5.74, 6) is -0.121. The van der Waals surface area contributed by atoms with E-state index in [1.807, 2.05) is 13.8 Å². The first-order valence-electron chi connectivity index (χ1n) is 6.55. The van der Waals surface area contributed by atoms with Crippen LogP contribution in [0.5, 0.6) is 0 Å². The van der Waals surface area contributed by atoms with Gasteiger partial charge in [0.15, 0.2) is 0 Å². The number of hydrogen-bond donors (Lipinski definition) is 1. The second-order valence-electron chi connectivity index (χ2n) is 5.29. The highest BCUT2D eigenvalue weighted by molar-refractivity contribution is 5.92. The normalized spacial score (nSPS) is 12.8. The maximum Gasteiger partial charge on any atom is 0.248 e. The Balaban J connectivity index is 5.06. The summed E-state index contributed by atoms with van der Waals surface area (Å²) in [6, 6.07) is -0.195. The fourth-order valence-corrected chi connectivity index (χ4v) is 1.85. The summed E-state index contributed by atoms with van der Waals surface area (Å²) in [5, 5.41) is 2.35. The van der Waals surface area contributed by atoms with E-state index < -0.39 is 0 Å². The Morgan fingerprint density at radius 2 is 1.75 bits per heavy atom. The monoisotopic (exact) mass is 283 g/mol. The zero-order chi connectivity index (χ0) is 15.9. The molecule has 0 fully saturated rings. The summed E-state index contributed by atoms with van der Waals surface area (Å²) in [7, 11) is 5.04. The molecule has 6 heteroatoms. The third kappa shape index (κ3) is 5.42. The van der Waals surface area contributed by atoms with Crippen LogP contribution in [-0.2, 0) is 14.4 Å². The van der Waals surface area contributed by atoms with Gasteiger partial charge in [0.2, 0.25) is 18.2 Å². The fraction of sp³-hybridized carbons (Fsp3) is 0.643. The van der Waals surface area contributed by atoms with Gasteiger partial charge in [0.05, 0.1) is 12.6 Å². The van der Waals surface area contributed by atoms with Crippen molar-refractivity contribution in [3.63, 3.8) is 0 Å². The van der Waals surface area contributed by atoms with Gasteiger partial charge in [0.1, 0.15) is 0 Å². The first-order valence-corrected chi connectivity index (χ1v) is 6.55. The summed E-state index contributed by atoms with van der Waals surface area (Å²) in [4.78, 5) is 37.1. The Kier molecular flexibility index (Phi) is 7.57.